The first-order chi connectivity index (χ1) is 13.5. The van der Waals surface area contributed by atoms with E-state index in [0.29, 0.717) is 23.3 Å². The van der Waals surface area contributed by atoms with Crippen molar-refractivity contribution in [2.45, 2.75) is 32.5 Å². The zero-order valence-corrected chi connectivity index (χ0v) is 16.4. The highest BCUT2D eigenvalue weighted by Gasteiger charge is 2.31. The molecule has 1 aliphatic rings. The number of amides is 1. The van der Waals surface area contributed by atoms with Crippen molar-refractivity contribution in [3.63, 3.8) is 0 Å². The molecule has 0 saturated heterocycles. The molecule has 0 saturated carbocycles. The fourth-order valence-corrected chi connectivity index (χ4v) is 3.94. The molecule has 144 valence electrons. The average molecular weight is 376 g/mol. The van der Waals surface area contributed by atoms with Crippen LogP contribution in [0.15, 0.2) is 53.3 Å². The molecule has 0 bridgehead atoms. The first kappa shape index (κ1) is 18.4. The number of fused-ring (bicyclic) bond motifs is 2. The molecule has 3 aromatic rings. The Morgan fingerprint density at radius 2 is 1.86 bits per heavy atom. The van der Waals surface area contributed by atoms with Crippen LogP contribution in [0, 0.1) is 0 Å². The normalized spacial score (nSPS) is 16.0. The van der Waals surface area contributed by atoms with Gasteiger partial charge in [-0.05, 0) is 51.2 Å². The van der Waals surface area contributed by atoms with Gasteiger partial charge in [0.05, 0.1) is 17.4 Å². The van der Waals surface area contributed by atoms with Crippen molar-refractivity contribution in [2.24, 2.45) is 0 Å². The van der Waals surface area contributed by atoms with E-state index in [9.17, 15) is 9.59 Å². The summed E-state index contributed by atoms with van der Waals surface area (Å²) < 4.78 is 1.53. The molecule has 2 aromatic carbocycles. The Hall–Kier alpha value is -2.99. The number of hydrogen-bond acceptors (Lipinski definition) is 4. The molecule has 0 fully saturated rings. The third kappa shape index (κ3) is 3.20. The van der Waals surface area contributed by atoms with E-state index in [2.05, 4.69) is 11.1 Å². The number of aromatic nitrogens is 2. The number of benzene rings is 2. The van der Waals surface area contributed by atoms with Crippen molar-refractivity contribution < 1.29 is 4.79 Å². The molecule has 1 atom stereocenters. The SMILES string of the molecule is C[C@@H]1Cc2ccccc2N1C(=O)Cn1c(CN(C)C)nc2ccccc2c1=O. The lowest BCUT2D eigenvalue weighted by Crippen LogP contribution is -2.41. The predicted octanol–water partition coefficient (Wildman–Crippen LogP) is 2.44. The zero-order chi connectivity index (χ0) is 19.8. The lowest BCUT2D eigenvalue weighted by molar-refractivity contribution is -0.119. The van der Waals surface area contributed by atoms with Gasteiger partial charge in [0.2, 0.25) is 5.91 Å². The van der Waals surface area contributed by atoms with E-state index >= 15 is 0 Å². The first-order valence-electron chi connectivity index (χ1n) is 9.49. The van der Waals surface area contributed by atoms with Gasteiger partial charge in [0.1, 0.15) is 12.4 Å². The fraction of sp³-hybridized carbons (Fsp3) is 0.318. The number of hydrogen-bond donors (Lipinski definition) is 0. The molecule has 0 radical (unpaired) electrons. The molecule has 1 aliphatic heterocycles. The Bertz CT molecular complexity index is 1100. The van der Waals surface area contributed by atoms with Crippen LogP contribution in [0.4, 0.5) is 5.69 Å². The molecule has 1 amide bonds. The van der Waals surface area contributed by atoms with Gasteiger partial charge >= 0.3 is 0 Å². The molecular weight excluding hydrogens is 352 g/mol. The summed E-state index contributed by atoms with van der Waals surface area (Å²) in [6, 6.07) is 15.3. The minimum absolute atomic E-state index is 0.0154. The highest BCUT2D eigenvalue weighted by molar-refractivity contribution is 5.96. The monoisotopic (exact) mass is 376 g/mol. The summed E-state index contributed by atoms with van der Waals surface area (Å²) in [5.41, 5.74) is 2.60. The van der Waals surface area contributed by atoms with Gasteiger partial charge in [0.25, 0.3) is 5.56 Å². The van der Waals surface area contributed by atoms with E-state index < -0.39 is 0 Å². The number of rotatable bonds is 4. The van der Waals surface area contributed by atoms with E-state index in [1.54, 1.807) is 6.07 Å². The van der Waals surface area contributed by atoms with Crippen LogP contribution in [0.5, 0.6) is 0 Å². The highest BCUT2D eigenvalue weighted by Crippen LogP contribution is 2.32. The molecule has 28 heavy (non-hydrogen) atoms. The maximum absolute atomic E-state index is 13.2. The average Bonchev–Trinajstić information content (AvgIpc) is 3.00. The molecule has 6 nitrogen and oxygen atoms in total. The molecule has 0 aliphatic carbocycles. The number of carbonyl (C=O) groups excluding carboxylic acids is 1. The second-order valence-electron chi connectivity index (χ2n) is 7.62. The van der Waals surface area contributed by atoms with Crippen LogP contribution < -0.4 is 10.5 Å². The largest absolute Gasteiger partial charge is 0.307 e. The summed E-state index contributed by atoms with van der Waals surface area (Å²) in [5.74, 6) is 0.513. The van der Waals surface area contributed by atoms with Crippen LogP contribution in [-0.2, 0) is 24.3 Å². The quantitative estimate of drug-likeness (QED) is 0.702. The van der Waals surface area contributed by atoms with Gasteiger partial charge in [-0.2, -0.15) is 0 Å². The van der Waals surface area contributed by atoms with Gasteiger partial charge in [0.15, 0.2) is 0 Å². The van der Waals surface area contributed by atoms with Gasteiger partial charge in [-0.1, -0.05) is 30.3 Å². The van der Waals surface area contributed by atoms with Crippen molar-refractivity contribution in [1.29, 1.82) is 0 Å². The van der Waals surface area contributed by atoms with Crippen molar-refractivity contribution in [3.8, 4) is 0 Å². The van der Waals surface area contributed by atoms with Crippen LogP contribution in [0.3, 0.4) is 0 Å². The van der Waals surface area contributed by atoms with Gasteiger partial charge < -0.3 is 9.80 Å². The Kier molecular flexibility index (Phi) is 4.73. The standard InChI is InChI=1S/C22H24N4O2/c1-15-12-16-8-4-7-11-19(16)26(15)21(27)14-25-20(13-24(2)3)23-18-10-6-5-9-17(18)22(25)28/h4-11,15H,12-14H2,1-3H3/t15-/m1/s1. The Morgan fingerprint density at radius 1 is 1.14 bits per heavy atom. The summed E-state index contributed by atoms with van der Waals surface area (Å²) in [6.07, 6.45) is 0.831. The molecule has 0 N–H and O–H groups in total. The molecule has 2 heterocycles. The van der Waals surface area contributed by atoms with Crippen molar-refractivity contribution >= 4 is 22.5 Å². The van der Waals surface area contributed by atoms with E-state index in [0.717, 1.165) is 12.1 Å². The number of carbonyl (C=O) groups is 1. The highest BCUT2D eigenvalue weighted by atomic mass is 16.2. The van der Waals surface area contributed by atoms with E-state index in [1.807, 2.05) is 67.2 Å². The lowest BCUT2D eigenvalue weighted by atomic mass is 10.1. The summed E-state index contributed by atoms with van der Waals surface area (Å²) in [6.45, 7) is 2.51. The maximum atomic E-state index is 13.2. The summed E-state index contributed by atoms with van der Waals surface area (Å²) in [7, 11) is 3.85. The van der Waals surface area contributed by atoms with Gasteiger partial charge in [-0.25, -0.2) is 4.98 Å². The number of anilines is 1. The Labute approximate surface area is 164 Å². The molecule has 0 spiro atoms. The van der Waals surface area contributed by atoms with Crippen molar-refractivity contribution in [1.82, 2.24) is 14.5 Å². The van der Waals surface area contributed by atoms with Gasteiger partial charge in [-0.3, -0.25) is 14.2 Å². The minimum Gasteiger partial charge on any atom is -0.307 e. The van der Waals surface area contributed by atoms with Crippen LogP contribution in [0.25, 0.3) is 10.9 Å². The van der Waals surface area contributed by atoms with Gasteiger partial charge in [0, 0.05) is 11.7 Å². The van der Waals surface area contributed by atoms with E-state index in [4.69, 9.17) is 0 Å². The third-order valence-corrected chi connectivity index (χ3v) is 5.17. The Morgan fingerprint density at radius 3 is 2.64 bits per heavy atom. The van der Waals surface area contributed by atoms with Crippen LogP contribution in [0.1, 0.15) is 18.3 Å². The molecule has 0 unspecified atom stereocenters. The van der Waals surface area contributed by atoms with Crippen molar-refractivity contribution in [2.75, 3.05) is 19.0 Å². The van der Waals surface area contributed by atoms with E-state index in [1.165, 1.54) is 10.1 Å². The number of nitrogens with zero attached hydrogens (tertiary/aromatic N) is 4. The molecule has 4 rings (SSSR count). The topological polar surface area (TPSA) is 58.4 Å². The third-order valence-electron chi connectivity index (χ3n) is 5.17. The Balaban J connectivity index is 1.76. The first-order valence-corrected chi connectivity index (χ1v) is 9.49. The van der Waals surface area contributed by atoms with Crippen molar-refractivity contribution in [3.05, 3.63) is 70.3 Å². The van der Waals surface area contributed by atoms with Crippen LogP contribution >= 0.6 is 0 Å². The van der Waals surface area contributed by atoms with E-state index in [-0.39, 0.29) is 24.1 Å². The maximum Gasteiger partial charge on any atom is 0.261 e. The summed E-state index contributed by atoms with van der Waals surface area (Å²) >= 11 is 0. The van der Waals surface area contributed by atoms with Gasteiger partial charge in [-0.15, -0.1) is 0 Å². The van der Waals surface area contributed by atoms with Crippen LogP contribution in [-0.4, -0.2) is 40.5 Å². The zero-order valence-electron chi connectivity index (χ0n) is 16.4. The lowest BCUT2D eigenvalue weighted by Gasteiger charge is -2.24. The van der Waals surface area contributed by atoms with Crippen LogP contribution in [0.2, 0.25) is 0 Å². The second kappa shape index (κ2) is 7.20. The second-order valence-corrected chi connectivity index (χ2v) is 7.62. The smallest absolute Gasteiger partial charge is 0.261 e. The fourth-order valence-electron chi connectivity index (χ4n) is 3.94. The molecular formula is C22H24N4O2. The minimum atomic E-state index is -0.170. The molecule has 6 heteroatoms. The summed E-state index contributed by atoms with van der Waals surface area (Å²) in [5, 5.41) is 0.535. The number of para-hydroxylation sites is 2. The summed E-state index contributed by atoms with van der Waals surface area (Å²) in [4.78, 5) is 34.8. The molecule has 1 aromatic heterocycles. The predicted molar refractivity (Wildman–Crippen MR) is 110 cm³/mol.